The lowest BCUT2D eigenvalue weighted by molar-refractivity contribution is -0.140. The Morgan fingerprint density at radius 2 is 2.08 bits per heavy atom. The summed E-state index contributed by atoms with van der Waals surface area (Å²) in [5.41, 5.74) is 2.05. The molecule has 0 radical (unpaired) electrons. The number of nitrogens with two attached hydrogens (primary N) is 1. The van der Waals surface area contributed by atoms with Crippen LogP contribution in [0.25, 0.3) is 11.2 Å². The molecule has 0 saturated carbocycles. The van der Waals surface area contributed by atoms with Crippen molar-refractivity contribution in [2.24, 2.45) is 0 Å². The number of hydrogen-bond acceptors (Lipinski definition) is 7. The Morgan fingerprint density at radius 1 is 1.40 bits per heavy atom. The maximum absolute atomic E-state index is 12.8. The van der Waals surface area contributed by atoms with Crippen LogP contribution in [0.2, 0.25) is 0 Å². The number of nitrogen functional groups attached to an aromatic ring is 1. The van der Waals surface area contributed by atoms with Crippen LogP contribution in [0.5, 0.6) is 0 Å². The fraction of sp³-hybridized carbons (Fsp3) is 0.583. The quantitative estimate of drug-likeness (QED) is 0.527. The van der Waals surface area contributed by atoms with Gasteiger partial charge in [-0.1, -0.05) is 0 Å². The molecule has 1 aliphatic rings. The van der Waals surface area contributed by atoms with Gasteiger partial charge >= 0.3 is 11.9 Å². The van der Waals surface area contributed by atoms with Gasteiger partial charge in [0, 0.05) is 6.42 Å². The first-order valence-corrected chi connectivity index (χ1v) is 7.14. The van der Waals surface area contributed by atoms with Crippen LogP contribution in [0.15, 0.2) is 9.59 Å². The number of aromatic nitrogens is 4. The number of aliphatic hydroxyl groups excluding tert-OH is 2. The van der Waals surface area contributed by atoms with Gasteiger partial charge < -0.3 is 20.7 Å². The van der Waals surface area contributed by atoms with Crippen LogP contribution in [0, 0.1) is 0 Å². The van der Waals surface area contributed by atoms with Crippen molar-refractivity contribution in [3.05, 3.63) is 20.8 Å². The van der Waals surface area contributed by atoms with Crippen molar-refractivity contribution in [2.75, 3.05) is 12.3 Å². The number of imidazole rings is 1. The molecule has 0 bridgehead atoms. The maximum Gasteiger partial charge on any atom is 0.406 e. The van der Waals surface area contributed by atoms with E-state index in [2.05, 4.69) is 4.98 Å². The van der Waals surface area contributed by atoms with E-state index in [1.165, 1.54) is 0 Å². The molecule has 3 heterocycles. The number of nitrogens with one attached hydrogen (secondary N) is 1. The Kier molecular flexibility index (Phi) is 4.09. The monoisotopic (exact) mass is 365 g/mol. The van der Waals surface area contributed by atoms with Gasteiger partial charge in [0.2, 0.25) is 5.95 Å². The number of hydrogen-bond donors (Lipinski definition) is 4. The first-order valence-electron chi connectivity index (χ1n) is 7.14. The molecule has 1 fully saturated rings. The fourth-order valence-electron chi connectivity index (χ4n) is 2.83. The summed E-state index contributed by atoms with van der Waals surface area (Å²) < 4.78 is 44.5. The topological polar surface area (TPSA) is 148 Å². The third-order valence-electron chi connectivity index (χ3n) is 3.79. The SMILES string of the molecule is Nc1nc2c(c(=O)[nH]1)n(CC(F)(F)F)c(=O)n2[C@@H]1O[C@H](CO)C[C@H]1O. The van der Waals surface area contributed by atoms with Crippen molar-refractivity contribution in [2.45, 2.75) is 37.6 Å². The summed E-state index contributed by atoms with van der Waals surface area (Å²) in [5.74, 6) is -0.415. The van der Waals surface area contributed by atoms with Crippen LogP contribution in [0.3, 0.4) is 0 Å². The van der Waals surface area contributed by atoms with E-state index < -0.39 is 66.1 Å². The van der Waals surface area contributed by atoms with Gasteiger partial charge in [0.15, 0.2) is 17.4 Å². The van der Waals surface area contributed by atoms with Crippen LogP contribution < -0.4 is 17.0 Å². The van der Waals surface area contributed by atoms with Crippen LogP contribution in [0.4, 0.5) is 19.1 Å². The van der Waals surface area contributed by atoms with E-state index in [0.717, 1.165) is 0 Å². The Labute approximate surface area is 136 Å². The molecule has 0 unspecified atom stereocenters. The molecule has 25 heavy (non-hydrogen) atoms. The zero-order valence-corrected chi connectivity index (χ0v) is 12.5. The van der Waals surface area contributed by atoms with Gasteiger partial charge in [-0.25, -0.2) is 9.36 Å². The van der Waals surface area contributed by atoms with Crippen molar-refractivity contribution in [3.63, 3.8) is 0 Å². The molecular weight excluding hydrogens is 351 g/mol. The first kappa shape index (κ1) is 17.4. The van der Waals surface area contributed by atoms with E-state index in [4.69, 9.17) is 15.6 Å². The molecule has 2 aromatic heterocycles. The highest BCUT2D eigenvalue weighted by Crippen LogP contribution is 2.30. The zero-order valence-electron chi connectivity index (χ0n) is 12.5. The summed E-state index contributed by atoms with van der Waals surface area (Å²) in [7, 11) is 0. The van der Waals surface area contributed by atoms with E-state index in [0.29, 0.717) is 4.57 Å². The van der Waals surface area contributed by atoms with Crippen LogP contribution in [-0.2, 0) is 11.3 Å². The van der Waals surface area contributed by atoms with Crippen LogP contribution >= 0.6 is 0 Å². The summed E-state index contributed by atoms with van der Waals surface area (Å²) in [4.78, 5) is 30.3. The average Bonchev–Trinajstić information content (AvgIpc) is 2.96. The Balaban J connectivity index is 2.27. The van der Waals surface area contributed by atoms with Gasteiger partial charge in [0.25, 0.3) is 5.56 Å². The molecule has 1 aliphatic heterocycles. The fourth-order valence-corrected chi connectivity index (χ4v) is 2.83. The summed E-state index contributed by atoms with van der Waals surface area (Å²) in [5, 5.41) is 19.1. The van der Waals surface area contributed by atoms with Crippen molar-refractivity contribution >= 4 is 17.1 Å². The predicted octanol–water partition coefficient (Wildman–Crippen LogP) is -1.33. The average molecular weight is 365 g/mol. The van der Waals surface area contributed by atoms with Crippen molar-refractivity contribution in [3.8, 4) is 0 Å². The summed E-state index contributed by atoms with van der Waals surface area (Å²) >= 11 is 0. The van der Waals surface area contributed by atoms with Gasteiger partial charge in [-0.3, -0.25) is 14.3 Å². The van der Waals surface area contributed by atoms with Crippen molar-refractivity contribution in [1.29, 1.82) is 0 Å². The number of aromatic amines is 1. The minimum atomic E-state index is -4.78. The predicted molar refractivity (Wildman–Crippen MR) is 76.7 cm³/mol. The van der Waals surface area contributed by atoms with E-state index in [9.17, 15) is 27.9 Å². The summed E-state index contributed by atoms with van der Waals surface area (Å²) in [6.45, 7) is -2.18. The number of nitrogens with zero attached hydrogens (tertiary/aromatic N) is 3. The molecule has 138 valence electrons. The first-order chi connectivity index (χ1) is 11.6. The molecule has 3 atom stereocenters. The molecule has 0 spiro atoms. The maximum atomic E-state index is 12.8. The van der Waals surface area contributed by atoms with E-state index in [1.54, 1.807) is 0 Å². The second-order valence-electron chi connectivity index (χ2n) is 5.61. The Bertz CT molecular complexity index is 917. The van der Waals surface area contributed by atoms with Crippen LogP contribution in [-0.4, -0.2) is 54.3 Å². The normalized spacial score (nSPS) is 24.3. The van der Waals surface area contributed by atoms with E-state index >= 15 is 0 Å². The van der Waals surface area contributed by atoms with Crippen LogP contribution in [0.1, 0.15) is 12.6 Å². The summed E-state index contributed by atoms with van der Waals surface area (Å²) in [6, 6.07) is 0. The largest absolute Gasteiger partial charge is 0.406 e. The van der Waals surface area contributed by atoms with Gasteiger partial charge in [-0.15, -0.1) is 0 Å². The molecule has 0 aromatic carbocycles. The summed E-state index contributed by atoms with van der Waals surface area (Å²) in [6.07, 6.45) is -8.33. The molecule has 0 aliphatic carbocycles. The Hall–Kier alpha value is -2.38. The number of alkyl halides is 3. The van der Waals surface area contributed by atoms with E-state index in [1.807, 2.05) is 4.98 Å². The highest BCUT2D eigenvalue weighted by atomic mass is 19.4. The highest BCUT2D eigenvalue weighted by molar-refractivity contribution is 5.71. The molecule has 5 N–H and O–H groups in total. The second kappa shape index (κ2) is 5.86. The van der Waals surface area contributed by atoms with Crippen molar-refractivity contribution in [1.82, 2.24) is 19.1 Å². The lowest BCUT2D eigenvalue weighted by atomic mass is 10.2. The Morgan fingerprint density at radius 3 is 2.64 bits per heavy atom. The number of rotatable bonds is 3. The third-order valence-corrected chi connectivity index (χ3v) is 3.79. The van der Waals surface area contributed by atoms with Gasteiger partial charge in [-0.05, 0) is 0 Å². The van der Waals surface area contributed by atoms with Crippen molar-refractivity contribution < 1.29 is 28.1 Å². The number of aliphatic hydroxyl groups is 2. The third kappa shape index (κ3) is 3.01. The number of halogens is 3. The van der Waals surface area contributed by atoms with Gasteiger partial charge in [0.05, 0.1) is 12.7 Å². The lowest BCUT2D eigenvalue weighted by Crippen LogP contribution is -2.34. The molecule has 10 nitrogen and oxygen atoms in total. The smallest absolute Gasteiger partial charge is 0.394 e. The molecule has 3 rings (SSSR count). The zero-order chi connectivity index (χ0) is 18.5. The number of fused-ring (bicyclic) bond motifs is 1. The molecule has 1 saturated heterocycles. The number of ether oxygens (including phenoxy) is 1. The number of H-pyrrole nitrogens is 1. The molecule has 2 aromatic rings. The molecule has 13 heteroatoms. The standard InChI is InChI=1S/C12H14F3N5O5/c13-12(14,15)3-19-6-7(17-10(16)18-8(6)23)20(11(19)24)9-5(22)1-4(2-21)25-9/h4-5,9,21-22H,1-3H2,(H3,16,17,18,23)/t4-,5+,9+/m0/s1. The van der Waals surface area contributed by atoms with Gasteiger partial charge in [-0.2, -0.15) is 18.2 Å². The molecular formula is C12H14F3N5O5. The second-order valence-corrected chi connectivity index (χ2v) is 5.61. The van der Waals surface area contributed by atoms with E-state index in [-0.39, 0.29) is 11.0 Å². The minimum absolute atomic E-state index is 0.0434. The number of anilines is 1. The minimum Gasteiger partial charge on any atom is -0.394 e. The van der Waals surface area contributed by atoms with Gasteiger partial charge in [0.1, 0.15) is 12.6 Å². The lowest BCUT2D eigenvalue weighted by Gasteiger charge is -2.15. The molecule has 0 amide bonds. The highest BCUT2D eigenvalue weighted by Gasteiger charge is 2.39.